The summed E-state index contributed by atoms with van der Waals surface area (Å²) in [7, 11) is 3.93. The third-order valence-electron chi connectivity index (χ3n) is 1.23. The van der Waals surface area contributed by atoms with Crippen LogP contribution in [0.2, 0.25) is 0 Å². The zero-order valence-corrected chi connectivity index (χ0v) is 11.2. The van der Waals surface area contributed by atoms with E-state index in [1.54, 1.807) is 1.33 Å². The van der Waals surface area contributed by atoms with E-state index in [-0.39, 0.29) is 11.8 Å². The number of hydrogen-bond donors (Lipinski definition) is 0. The fourth-order valence-corrected chi connectivity index (χ4v) is 1.74. The molecule has 0 spiro atoms. The molecule has 0 bridgehead atoms. The van der Waals surface area contributed by atoms with Gasteiger partial charge in [0.05, 0.1) is 45.7 Å². The molecule has 0 radical (unpaired) electrons. The van der Waals surface area contributed by atoms with Crippen molar-refractivity contribution in [2.45, 2.75) is 6.92 Å². The van der Waals surface area contributed by atoms with Gasteiger partial charge < -0.3 is 4.90 Å². The molecule has 3 nitrogen and oxygen atoms in total. The number of nitrogens with zero attached hydrogens (tertiary/aromatic N) is 2. The smallest absolute Gasteiger partial charge is 0.244 e. The van der Waals surface area contributed by atoms with E-state index in [4.69, 9.17) is 0 Å². The van der Waals surface area contributed by atoms with Gasteiger partial charge in [-0.05, 0) is 14.1 Å². The van der Waals surface area contributed by atoms with Gasteiger partial charge in [0.1, 0.15) is 0 Å². The summed E-state index contributed by atoms with van der Waals surface area (Å²) in [5, 5.41) is 0. The molecule has 0 aromatic rings. The molecule has 1 unspecified atom stereocenters. The second-order valence-corrected chi connectivity index (χ2v) is 6.51. The largest absolute Gasteiger partial charge is 0.309 e. The van der Waals surface area contributed by atoms with Crippen LogP contribution in [0.1, 0.15) is 6.92 Å². The molecule has 0 saturated heterocycles. The average molecular weight is 382 g/mol. The summed E-state index contributed by atoms with van der Waals surface area (Å²) in [6, 6.07) is 0. The molecular weight excluding hydrogens is 370 g/mol. The Morgan fingerprint density at radius 2 is 1.91 bits per heavy atom. The zero-order chi connectivity index (χ0) is 9.02. The Bertz CT molecular complexity index is 139. The Morgan fingerprint density at radius 3 is 2.18 bits per heavy atom. The summed E-state index contributed by atoms with van der Waals surface area (Å²) in [5.74, 6) is 0.249. The third-order valence-corrected chi connectivity index (χ3v) is 2.18. The molecule has 0 aromatic heterocycles. The molecular formula is C6H12I2N2O. The standard InChI is InChI=1S/C6H12I2N2O/c1-5(4-9(2)3)6(11)10(7)8/h5H,4H2,1-3H3. The SMILES string of the molecule is CC(CN(C)C)C(=O)N(I)I. The lowest BCUT2D eigenvalue weighted by Crippen LogP contribution is -2.29. The van der Waals surface area contributed by atoms with Gasteiger partial charge in [-0.2, -0.15) is 0 Å². The van der Waals surface area contributed by atoms with Gasteiger partial charge in [-0.3, -0.25) is 4.79 Å². The van der Waals surface area contributed by atoms with Crippen LogP contribution in [0.25, 0.3) is 0 Å². The Balaban J connectivity index is 3.83. The molecule has 0 aliphatic rings. The van der Waals surface area contributed by atoms with Crippen LogP contribution in [-0.4, -0.2) is 32.8 Å². The predicted octanol–water partition coefficient (Wildman–Crippen LogP) is 1.71. The molecule has 66 valence electrons. The Hall–Kier alpha value is 0.890. The Labute approximate surface area is 95.5 Å². The predicted molar refractivity (Wildman–Crippen MR) is 62.6 cm³/mol. The van der Waals surface area contributed by atoms with Crippen LogP contribution in [-0.2, 0) is 4.79 Å². The number of hydrogen-bond acceptors (Lipinski definition) is 2. The normalized spacial score (nSPS) is 13.3. The number of halogens is 2. The second kappa shape index (κ2) is 5.52. The molecule has 11 heavy (non-hydrogen) atoms. The topological polar surface area (TPSA) is 23.6 Å². The van der Waals surface area contributed by atoms with Crippen molar-refractivity contribution in [1.82, 2.24) is 6.23 Å². The highest BCUT2D eigenvalue weighted by Crippen LogP contribution is 2.13. The molecule has 0 rings (SSSR count). The average Bonchev–Trinajstić information content (AvgIpc) is 1.84. The van der Waals surface area contributed by atoms with Gasteiger partial charge in [0.25, 0.3) is 0 Å². The van der Waals surface area contributed by atoms with E-state index >= 15 is 0 Å². The van der Waals surface area contributed by atoms with Crippen LogP contribution in [0.3, 0.4) is 0 Å². The highest BCUT2D eigenvalue weighted by Gasteiger charge is 2.16. The quantitative estimate of drug-likeness (QED) is 0.549. The third kappa shape index (κ3) is 5.18. The molecule has 0 aliphatic heterocycles. The maximum atomic E-state index is 11.3. The van der Waals surface area contributed by atoms with Crippen LogP contribution in [0, 0.1) is 5.92 Å². The van der Waals surface area contributed by atoms with Gasteiger partial charge in [-0.15, -0.1) is 0 Å². The van der Waals surface area contributed by atoms with Crippen molar-refractivity contribution in [2.75, 3.05) is 20.6 Å². The first-order valence-corrected chi connectivity index (χ1v) is 5.18. The first-order valence-electron chi connectivity index (χ1n) is 3.25. The van der Waals surface area contributed by atoms with Crippen LogP contribution in [0.5, 0.6) is 0 Å². The molecule has 0 fully saturated rings. The van der Waals surface area contributed by atoms with Crippen LogP contribution in [0.4, 0.5) is 0 Å². The molecule has 0 N–H and O–H groups in total. The minimum Gasteiger partial charge on any atom is -0.309 e. The fraction of sp³-hybridized carbons (Fsp3) is 0.833. The maximum Gasteiger partial charge on any atom is 0.244 e. The van der Waals surface area contributed by atoms with Gasteiger partial charge in [0.15, 0.2) is 0 Å². The van der Waals surface area contributed by atoms with Crippen molar-refractivity contribution >= 4 is 51.6 Å². The Kier molecular flexibility index (Phi) is 5.97. The molecule has 1 amide bonds. The number of rotatable bonds is 3. The number of carbonyl (C=O) groups excluding carboxylic acids is 1. The highest BCUT2D eigenvalue weighted by atomic mass is 127. The summed E-state index contributed by atoms with van der Waals surface area (Å²) in [6.45, 7) is 2.74. The van der Waals surface area contributed by atoms with Crippen molar-refractivity contribution in [1.29, 1.82) is 0 Å². The fourth-order valence-electron chi connectivity index (χ4n) is 0.792. The van der Waals surface area contributed by atoms with Crippen molar-refractivity contribution in [3.05, 3.63) is 0 Å². The molecule has 0 aliphatic carbocycles. The van der Waals surface area contributed by atoms with Gasteiger partial charge in [-0.1, -0.05) is 6.92 Å². The van der Waals surface area contributed by atoms with E-state index < -0.39 is 0 Å². The van der Waals surface area contributed by atoms with Crippen molar-refractivity contribution < 1.29 is 4.79 Å². The van der Waals surface area contributed by atoms with Gasteiger partial charge in [-0.25, -0.2) is 1.33 Å². The van der Waals surface area contributed by atoms with Crippen molar-refractivity contribution in [3.63, 3.8) is 0 Å². The maximum absolute atomic E-state index is 11.3. The summed E-state index contributed by atoms with van der Waals surface area (Å²) in [6.07, 6.45) is 0. The lowest BCUT2D eigenvalue weighted by atomic mass is 10.2. The van der Waals surface area contributed by atoms with Gasteiger partial charge >= 0.3 is 0 Å². The minimum atomic E-state index is 0.0822. The summed E-state index contributed by atoms with van der Waals surface area (Å²) >= 11 is 3.96. The second-order valence-electron chi connectivity index (χ2n) is 2.73. The lowest BCUT2D eigenvalue weighted by Gasteiger charge is -2.17. The van der Waals surface area contributed by atoms with Crippen molar-refractivity contribution in [2.24, 2.45) is 5.92 Å². The molecule has 1 atom stereocenters. The molecule has 5 heteroatoms. The number of carbonyl (C=O) groups is 1. The molecule has 0 aromatic carbocycles. The molecule has 0 saturated carbocycles. The van der Waals surface area contributed by atoms with Crippen molar-refractivity contribution in [3.8, 4) is 0 Å². The zero-order valence-electron chi connectivity index (χ0n) is 6.84. The molecule has 0 heterocycles. The summed E-state index contributed by atoms with van der Waals surface area (Å²) in [5.41, 5.74) is 0. The van der Waals surface area contributed by atoms with Gasteiger partial charge in [0.2, 0.25) is 5.91 Å². The van der Waals surface area contributed by atoms with E-state index in [9.17, 15) is 4.79 Å². The van der Waals surface area contributed by atoms with E-state index in [0.29, 0.717) is 0 Å². The Morgan fingerprint density at radius 1 is 1.45 bits per heavy atom. The van der Waals surface area contributed by atoms with E-state index in [1.165, 1.54) is 0 Å². The van der Waals surface area contributed by atoms with E-state index in [0.717, 1.165) is 6.54 Å². The summed E-state index contributed by atoms with van der Waals surface area (Å²) < 4.78 is 1.57. The highest BCUT2D eigenvalue weighted by molar-refractivity contribution is 14.2. The van der Waals surface area contributed by atoms with E-state index in [2.05, 4.69) is 0 Å². The minimum absolute atomic E-state index is 0.0822. The van der Waals surface area contributed by atoms with Crippen LogP contribution in [0.15, 0.2) is 0 Å². The summed E-state index contributed by atoms with van der Waals surface area (Å²) in [4.78, 5) is 13.3. The van der Waals surface area contributed by atoms with E-state index in [1.807, 2.05) is 71.6 Å². The first-order chi connectivity index (χ1) is 4.95. The first kappa shape index (κ1) is 11.9. The monoisotopic (exact) mass is 382 g/mol. The number of amides is 1. The lowest BCUT2D eigenvalue weighted by molar-refractivity contribution is -0.125. The van der Waals surface area contributed by atoms with Gasteiger partial charge in [0, 0.05) is 12.5 Å². The van der Waals surface area contributed by atoms with Crippen LogP contribution < -0.4 is 0 Å². The van der Waals surface area contributed by atoms with Crippen LogP contribution >= 0.6 is 45.7 Å².